The van der Waals surface area contributed by atoms with E-state index in [2.05, 4.69) is 5.32 Å². The molecular weight excluding hydrogens is 387 g/mol. The van der Waals surface area contributed by atoms with Crippen LogP contribution in [0.4, 0.5) is 5.69 Å². The van der Waals surface area contributed by atoms with Gasteiger partial charge in [-0.25, -0.2) is 4.79 Å². The van der Waals surface area contributed by atoms with Gasteiger partial charge in [0.2, 0.25) is 0 Å². The summed E-state index contributed by atoms with van der Waals surface area (Å²) < 4.78 is 5.10. The van der Waals surface area contributed by atoms with Crippen molar-refractivity contribution in [1.82, 2.24) is 0 Å². The lowest BCUT2D eigenvalue weighted by Gasteiger charge is -2.15. The van der Waals surface area contributed by atoms with Crippen molar-refractivity contribution >= 4 is 52.4 Å². The van der Waals surface area contributed by atoms with Gasteiger partial charge in [0, 0.05) is 5.69 Å². The summed E-state index contributed by atoms with van der Waals surface area (Å²) in [5.74, 6) is -1.41. The van der Waals surface area contributed by atoms with Gasteiger partial charge in [0.15, 0.2) is 6.10 Å². The molecule has 5 nitrogen and oxygen atoms in total. The van der Waals surface area contributed by atoms with E-state index in [0.717, 1.165) is 0 Å². The molecule has 0 aromatic heterocycles. The van der Waals surface area contributed by atoms with E-state index in [1.165, 1.54) is 19.1 Å². The van der Waals surface area contributed by atoms with Crippen molar-refractivity contribution in [3.05, 3.63) is 62.6 Å². The second-order valence-electron chi connectivity index (χ2n) is 4.94. The second kappa shape index (κ2) is 8.21. The predicted molar refractivity (Wildman–Crippen MR) is 96.1 cm³/mol. The third-order valence-corrected chi connectivity index (χ3v) is 4.30. The summed E-state index contributed by atoms with van der Waals surface area (Å²) in [4.78, 5) is 24.3. The smallest absolute Gasteiger partial charge is 0.342 e. The summed E-state index contributed by atoms with van der Waals surface area (Å²) in [6.45, 7) is 1.41. The lowest BCUT2D eigenvalue weighted by Crippen LogP contribution is -2.30. The normalized spacial score (nSPS) is 11.3. The first kappa shape index (κ1) is 19.1. The monoisotopic (exact) mass is 396 g/mol. The van der Waals surface area contributed by atoms with E-state index < -0.39 is 18.0 Å². The molecule has 2 aromatic carbocycles. The molecule has 1 unspecified atom stereocenters. The fraction of sp³-hybridized carbons (Fsp3) is 0.118. The number of anilines is 1. The Morgan fingerprint density at radius 3 is 2.28 bits per heavy atom. The third-order valence-electron chi connectivity index (χ3n) is 3.18. The molecule has 0 spiro atoms. The fourth-order valence-corrected chi connectivity index (χ4v) is 2.54. The van der Waals surface area contributed by atoms with Gasteiger partial charge in [-0.1, -0.05) is 34.8 Å². The number of benzene rings is 2. The van der Waals surface area contributed by atoms with E-state index in [1.54, 1.807) is 24.3 Å². The summed E-state index contributed by atoms with van der Waals surface area (Å²) in [7, 11) is 0. The highest BCUT2D eigenvalue weighted by molar-refractivity contribution is 6.46. The first-order chi connectivity index (χ1) is 11.8. The summed E-state index contributed by atoms with van der Waals surface area (Å²) in [5, 5.41) is 11.5. The molecule has 128 valence electrons. The van der Waals surface area contributed by atoms with Crippen molar-refractivity contribution in [3.63, 3.8) is 0 Å². The molecule has 1 amide bonds. The number of ether oxygens (including phenoxy) is 1. The highest BCUT2D eigenvalue weighted by Gasteiger charge is 2.24. The van der Waals surface area contributed by atoms with Crippen LogP contribution in [0.25, 0.3) is 0 Å². The van der Waals surface area contributed by atoms with Gasteiger partial charge in [-0.05, 0) is 43.3 Å². The van der Waals surface area contributed by atoms with Crippen LogP contribution in [0.1, 0.15) is 22.8 Å². The first-order valence-electron chi connectivity index (χ1n) is 6.99. The minimum Gasteiger partial charge on any atom is -0.449 e. The number of carbonyl (C=O) groups excluding carboxylic acids is 2. The van der Waals surface area contributed by atoms with Gasteiger partial charge < -0.3 is 10.1 Å². The Balaban J connectivity index is 2.07. The molecule has 0 saturated carbocycles. The number of hydrogen-bond acceptors (Lipinski definition) is 4. The highest BCUT2D eigenvalue weighted by Crippen LogP contribution is 2.32. The van der Waals surface area contributed by atoms with Crippen molar-refractivity contribution in [2.75, 3.05) is 5.32 Å². The number of amides is 1. The van der Waals surface area contributed by atoms with Crippen LogP contribution in [0.2, 0.25) is 15.1 Å². The van der Waals surface area contributed by atoms with Gasteiger partial charge in [-0.2, -0.15) is 5.26 Å². The van der Waals surface area contributed by atoms with Crippen molar-refractivity contribution in [3.8, 4) is 6.07 Å². The topological polar surface area (TPSA) is 79.2 Å². The molecule has 0 radical (unpaired) electrons. The largest absolute Gasteiger partial charge is 0.449 e. The van der Waals surface area contributed by atoms with Gasteiger partial charge in [-0.15, -0.1) is 0 Å². The summed E-state index contributed by atoms with van der Waals surface area (Å²) in [6, 6.07) is 11.1. The quantitative estimate of drug-likeness (QED) is 0.599. The van der Waals surface area contributed by atoms with Crippen LogP contribution in [-0.4, -0.2) is 18.0 Å². The second-order valence-corrected chi connectivity index (χ2v) is 6.14. The molecular formula is C17H11Cl3N2O3. The first-order valence-corrected chi connectivity index (χ1v) is 8.12. The summed E-state index contributed by atoms with van der Waals surface area (Å²) in [6.07, 6.45) is -1.10. The Hall–Kier alpha value is -2.26. The van der Waals surface area contributed by atoms with E-state index in [-0.39, 0.29) is 20.6 Å². The van der Waals surface area contributed by atoms with Crippen molar-refractivity contribution in [2.45, 2.75) is 13.0 Å². The maximum Gasteiger partial charge on any atom is 0.342 e. The predicted octanol–water partition coefficient (Wildman–Crippen LogP) is 4.70. The van der Waals surface area contributed by atoms with Gasteiger partial charge >= 0.3 is 5.97 Å². The molecule has 0 aliphatic heterocycles. The molecule has 2 aromatic rings. The van der Waals surface area contributed by atoms with Crippen LogP contribution in [0.5, 0.6) is 0 Å². The van der Waals surface area contributed by atoms with Gasteiger partial charge in [0.25, 0.3) is 5.91 Å². The van der Waals surface area contributed by atoms with Crippen LogP contribution in [0.15, 0.2) is 36.4 Å². The number of nitrogens with zero attached hydrogens (tertiary/aromatic N) is 1. The van der Waals surface area contributed by atoms with Crippen LogP contribution >= 0.6 is 34.8 Å². The molecule has 0 aliphatic rings. The lowest BCUT2D eigenvalue weighted by molar-refractivity contribution is -0.123. The average molecular weight is 398 g/mol. The summed E-state index contributed by atoms with van der Waals surface area (Å²) in [5.41, 5.74) is 0.822. The van der Waals surface area contributed by atoms with E-state index in [0.29, 0.717) is 11.3 Å². The van der Waals surface area contributed by atoms with Crippen LogP contribution in [-0.2, 0) is 9.53 Å². The number of halogens is 3. The molecule has 0 saturated heterocycles. The Morgan fingerprint density at radius 1 is 1.08 bits per heavy atom. The standard InChI is InChI=1S/C17H11Cl3N2O3/c1-9(16(23)22-11-4-2-10(8-21)3-5-11)25-17(24)14-12(18)6-7-13(19)15(14)20/h2-7,9H,1H3,(H,22,23). The molecule has 25 heavy (non-hydrogen) atoms. The molecule has 1 N–H and O–H groups in total. The van der Waals surface area contributed by atoms with E-state index in [4.69, 9.17) is 44.8 Å². The number of carbonyl (C=O) groups is 2. The Labute approximate surface area is 159 Å². The lowest BCUT2D eigenvalue weighted by atomic mass is 10.2. The van der Waals surface area contributed by atoms with E-state index in [9.17, 15) is 9.59 Å². The van der Waals surface area contributed by atoms with Crippen molar-refractivity contribution in [1.29, 1.82) is 5.26 Å². The van der Waals surface area contributed by atoms with Crippen LogP contribution < -0.4 is 5.32 Å². The van der Waals surface area contributed by atoms with E-state index >= 15 is 0 Å². The number of hydrogen-bond donors (Lipinski definition) is 1. The molecule has 0 fully saturated rings. The zero-order valence-corrected chi connectivity index (χ0v) is 15.1. The highest BCUT2D eigenvalue weighted by atomic mass is 35.5. The summed E-state index contributed by atoms with van der Waals surface area (Å²) >= 11 is 17.8. The molecule has 0 heterocycles. The maximum atomic E-state index is 12.2. The van der Waals surface area contributed by atoms with Gasteiger partial charge in [0.05, 0.1) is 32.3 Å². The molecule has 2 rings (SSSR count). The number of rotatable bonds is 4. The molecule has 8 heteroatoms. The SMILES string of the molecule is CC(OC(=O)c1c(Cl)ccc(Cl)c1Cl)C(=O)Nc1ccc(C#N)cc1. The molecule has 1 atom stereocenters. The number of nitrogens with one attached hydrogen (secondary N) is 1. The minimum absolute atomic E-state index is 0.0427. The van der Waals surface area contributed by atoms with Crippen molar-refractivity contribution in [2.24, 2.45) is 0 Å². The minimum atomic E-state index is -1.10. The maximum absolute atomic E-state index is 12.2. The van der Waals surface area contributed by atoms with Gasteiger partial charge in [-0.3, -0.25) is 4.79 Å². The molecule has 0 aliphatic carbocycles. The van der Waals surface area contributed by atoms with Crippen LogP contribution in [0, 0.1) is 11.3 Å². The zero-order valence-electron chi connectivity index (χ0n) is 12.8. The fourth-order valence-electron chi connectivity index (χ4n) is 1.86. The van der Waals surface area contributed by atoms with Gasteiger partial charge in [0.1, 0.15) is 0 Å². The third kappa shape index (κ3) is 4.64. The zero-order chi connectivity index (χ0) is 18.6. The van der Waals surface area contributed by atoms with Crippen molar-refractivity contribution < 1.29 is 14.3 Å². The Bertz CT molecular complexity index is 861. The number of esters is 1. The molecule has 0 bridgehead atoms. The Morgan fingerprint density at radius 2 is 1.68 bits per heavy atom. The van der Waals surface area contributed by atoms with E-state index in [1.807, 2.05) is 6.07 Å². The number of nitriles is 1. The average Bonchev–Trinajstić information content (AvgIpc) is 2.59. The van der Waals surface area contributed by atoms with Crippen LogP contribution in [0.3, 0.4) is 0 Å². The Kier molecular flexibility index (Phi) is 6.27.